The van der Waals surface area contributed by atoms with Crippen LogP contribution in [0.5, 0.6) is 0 Å². The Balaban J connectivity index is 1.34. The number of hydrogen-bond donors (Lipinski definition) is 2. The van der Waals surface area contributed by atoms with Gasteiger partial charge in [0.2, 0.25) is 11.9 Å². The molecule has 4 aromatic rings. The van der Waals surface area contributed by atoms with Crippen molar-refractivity contribution in [3.63, 3.8) is 0 Å². The van der Waals surface area contributed by atoms with E-state index in [0.717, 1.165) is 65.6 Å². The molecule has 33 heavy (non-hydrogen) atoms. The van der Waals surface area contributed by atoms with Gasteiger partial charge in [-0.2, -0.15) is 0 Å². The molecule has 2 N–H and O–H groups in total. The molecular weight excluding hydrogens is 434 g/mol. The van der Waals surface area contributed by atoms with Gasteiger partial charge < -0.3 is 15.4 Å². The number of thiophene rings is 1. The predicted octanol–water partition coefficient (Wildman–Crippen LogP) is 4.89. The first-order chi connectivity index (χ1) is 16.1. The van der Waals surface area contributed by atoms with E-state index >= 15 is 0 Å². The number of hydrogen-bond acceptors (Lipinski definition) is 7. The number of morpholine rings is 1. The van der Waals surface area contributed by atoms with E-state index in [2.05, 4.69) is 50.2 Å². The summed E-state index contributed by atoms with van der Waals surface area (Å²) in [5, 5.41) is 8.24. The van der Waals surface area contributed by atoms with E-state index in [9.17, 15) is 4.79 Å². The minimum atomic E-state index is -0.0906. The average molecular weight is 460 g/mol. The lowest BCUT2D eigenvalue weighted by Gasteiger charge is -2.26. The molecule has 7 nitrogen and oxygen atoms in total. The number of carbonyl (C=O) groups excluding carboxylic acids is 1. The summed E-state index contributed by atoms with van der Waals surface area (Å²) in [7, 11) is 0. The summed E-state index contributed by atoms with van der Waals surface area (Å²) in [6.07, 6.45) is 1.85. The molecule has 0 unspecified atom stereocenters. The van der Waals surface area contributed by atoms with Crippen molar-refractivity contribution in [2.75, 3.05) is 36.9 Å². The molecule has 2 aromatic carbocycles. The van der Waals surface area contributed by atoms with E-state index < -0.39 is 0 Å². The van der Waals surface area contributed by atoms with Crippen LogP contribution in [-0.2, 0) is 16.1 Å². The Hall–Kier alpha value is -3.33. The van der Waals surface area contributed by atoms with Gasteiger partial charge in [-0.05, 0) is 35.4 Å². The maximum Gasteiger partial charge on any atom is 0.227 e. The Morgan fingerprint density at radius 2 is 1.94 bits per heavy atom. The SMILES string of the molecule is CC(=O)Nc1cccc(-c2csc3cnc(Nc4ccc(CN5CCOCC5)cc4)nc23)c1. The Morgan fingerprint density at radius 3 is 2.73 bits per heavy atom. The van der Waals surface area contributed by atoms with Crippen LogP contribution in [0.15, 0.2) is 60.1 Å². The lowest BCUT2D eigenvalue weighted by Crippen LogP contribution is -2.35. The van der Waals surface area contributed by atoms with Crippen LogP contribution in [0.1, 0.15) is 12.5 Å². The molecule has 0 saturated carbocycles. The molecular formula is C25H25N5O2S. The number of fused-ring (bicyclic) bond motifs is 1. The second-order valence-corrected chi connectivity index (χ2v) is 8.94. The third-order valence-corrected chi connectivity index (χ3v) is 6.43. The molecule has 168 valence electrons. The summed E-state index contributed by atoms with van der Waals surface area (Å²) in [6.45, 7) is 6.01. The zero-order valence-corrected chi connectivity index (χ0v) is 19.2. The molecule has 1 saturated heterocycles. The summed E-state index contributed by atoms with van der Waals surface area (Å²) < 4.78 is 6.44. The summed E-state index contributed by atoms with van der Waals surface area (Å²) in [6, 6.07) is 16.2. The zero-order valence-electron chi connectivity index (χ0n) is 18.4. The Morgan fingerprint density at radius 1 is 1.12 bits per heavy atom. The van der Waals surface area contributed by atoms with Gasteiger partial charge in [0.15, 0.2) is 0 Å². The molecule has 3 heterocycles. The number of anilines is 3. The highest BCUT2D eigenvalue weighted by atomic mass is 32.1. The van der Waals surface area contributed by atoms with Crippen LogP contribution < -0.4 is 10.6 Å². The van der Waals surface area contributed by atoms with Crippen molar-refractivity contribution in [3.05, 3.63) is 65.7 Å². The van der Waals surface area contributed by atoms with Gasteiger partial charge in [0.25, 0.3) is 0 Å². The topological polar surface area (TPSA) is 79.4 Å². The molecule has 1 fully saturated rings. The first kappa shape index (κ1) is 21.5. The molecule has 1 aliphatic rings. The molecule has 0 spiro atoms. The van der Waals surface area contributed by atoms with Gasteiger partial charge in [-0.15, -0.1) is 11.3 Å². The first-order valence-electron chi connectivity index (χ1n) is 10.9. The summed E-state index contributed by atoms with van der Waals surface area (Å²) >= 11 is 1.61. The molecule has 1 aliphatic heterocycles. The molecule has 0 bridgehead atoms. The van der Waals surface area contributed by atoms with Gasteiger partial charge in [-0.25, -0.2) is 9.97 Å². The minimum absolute atomic E-state index is 0.0906. The molecule has 0 aliphatic carbocycles. The quantitative estimate of drug-likeness (QED) is 0.427. The molecule has 0 radical (unpaired) electrons. The van der Waals surface area contributed by atoms with Crippen molar-refractivity contribution >= 4 is 44.8 Å². The van der Waals surface area contributed by atoms with Crippen molar-refractivity contribution < 1.29 is 9.53 Å². The van der Waals surface area contributed by atoms with Crippen molar-refractivity contribution in [1.29, 1.82) is 0 Å². The Kier molecular flexibility index (Phi) is 6.30. The van der Waals surface area contributed by atoms with Crippen LogP contribution in [0, 0.1) is 0 Å². The normalized spacial score (nSPS) is 14.3. The number of amides is 1. The van der Waals surface area contributed by atoms with E-state index in [1.54, 1.807) is 11.3 Å². The van der Waals surface area contributed by atoms with Crippen LogP contribution in [0.25, 0.3) is 21.3 Å². The van der Waals surface area contributed by atoms with Crippen LogP contribution in [0.2, 0.25) is 0 Å². The summed E-state index contributed by atoms with van der Waals surface area (Å²) in [4.78, 5) is 23.1. The third-order valence-electron chi connectivity index (χ3n) is 5.53. The van der Waals surface area contributed by atoms with Crippen LogP contribution >= 0.6 is 11.3 Å². The fraction of sp³-hybridized carbons (Fsp3) is 0.240. The highest BCUT2D eigenvalue weighted by Gasteiger charge is 2.12. The second kappa shape index (κ2) is 9.66. The van der Waals surface area contributed by atoms with Crippen LogP contribution in [0.4, 0.5) is 17.3 Å². The number of aromatic nitrogens is 2. The number of nitrogens with zero attached hydrogens (tertiary/aromatic N) is 3. The van der Waals surface area contributed by atoms with Crippen LogP contribution in [-0.4, -0.2) is 47.1 Å². The van der Waals surface area contributed by atoms with E-state index in [1.807, 2.05) is 30.5 Å². The molecule has 1 amide bonds. The fourth-order valence-corrected chi connectivity index (χ4v) is 4.77. The predicted molar refractivity (Wildman–Crippen MR) is 133 cm³/mol. The van der Waals surface area contributed by atoms with Gasteiger partial charge in [0.05, 0.1) is 29.6 Å². The molecule has 8 heteroatoms. The third kappa shape index (κ3) is 5.19. The zero-order chi connectivity index (χ0) is 22.6. The van der Waals surface area contributed by atoms with Gasteiger partial charge in [-0.3, -0.25) is 9.69 Å². The minimum Gasteiger partial charge on any atom is -0.379 e. The van der Waals surface area contributed by atoms with Crippen molar-refractivity contribution in [1.82, 2.24) is 14.9 Å². The highest BCUT2D eigenvalue weighted by Crippen LogP contribution is 2.34. The molecule has 5 rings (SSSR count). The van der Waals surface area contributed by atoms with Gasteiger partial charge in [-0.1, -0.05) is 24.3 Å². The van der Waals surface area contributed by atoms with Gasteiger partial charge in [0.1, 0.15) is 0 Å². The van der Waals surface area contributed by atoms with Crippen molar-refractivity contribution in [3.8, 4) is 11.1 Å². The Labute approximate surface area is 196 Å². The number of ether oxygens (including phenoxy) is 1. The van der Waals surface area contributed by atoms with Gasteiger partial charge in [0, 0.05) is 48.9 Å². The maximum absolute atomic E-state index is 11.4. The number of nitrogens with one attached hydrogen (secondary N) is 2. The number of rotatable bonds is 6. The number of carbonyl (C=O) groups is 1. The lowest BCUT2D eigenvalue weighted by molar-refractivity contribution is -0.114. The molecule has 0 atom stereocenters. The summed E-state index contributed by atoms with van der Waals surface area (Å²) in [5.41, 5.74) is 5.91. The van der Waals surface area contributed by atoms with Crippen LogP contribution in [0.3, 0.4) is 0 Å². The number of benzene rings is 2. The van der Waals surface area contributed by atoms with E-state index in [4.69, 9.17) is 9.72 Å². The second-order valence-electron chi connectivity index (χ2n) is 8.03. The van der Waals surface area contributed by atoms with E-state index in [0.29, 0.717) is 5.95 Å². The first-order valence-corrected chi connectivity index (χ1v) is 11.8. The smallest absolute Gasteiger partial charge is 0.227 e. The van der Waals surface area contributed by atoms with Crippen molar-refractivity contribution in [2.24, 2.45) is 0 Å². The molecule has 2 aromatic heterocycles. The summed E-state index contributed by atoms with van der Waals surface area (Å²) in [5.74, 6) is 0.466. The standard InChI is InChI=1S/C25H25N5O2S/c1-17(31)27-21-4-2-3-19(13-21)22-16-33-23-14-26-25(29-24(22)23)28-20-7-5-18(6-8-20)15-30-9-11-32-12-10-30/h2-8,13-14,16H,9-12,15H2,1H3,(H,27,31)(H,26,28,29). The Bertz CT molecular complexity index is 1270. The van der Waals surface area contributed by atoms with Gasteiger partial charge >= 0.3 is 0 Å². The largest absolute Gasteiger partial charge is 0.379 e. The lowest BCUT2D eigenvalue weighted by atomic mass is 10.1. The monoisotopic (exact) mass is 459 g/mol. The average Bonchev–Trinajstić information content (AvgIpc) is 3.24. The fourth-order valence-electron chi connectivity index (χ4n) is 3.90. The van der Waals surface area contributed by atoms with E-state index in [-0.39, 0.29) is 5.91 Å². The van der Waals surface area contributed by atoms with E-state index in [1.165, 1.54) is 12.5 Å². The van der Waals surface area contributed by atoms with Crippen molar-refractivity contribution in [2.45, 2.75) is 13.5 Å². The maximum atomic E-state index is 11.4. The highest BCUT2D eigenvalue weighted by molar-refractivity contribution is 7.17.